The third-order valence-electron chi connectivity index (χ3n) is 5.60. The molecule has 0 bridgehead atoms. The van der Waals surface area contributed by atoms with Gasteiger partial charge in [0.1, 0.15) is 12.2 Å². The second-order valence-electron chi connectivity index (χ2n) is 8.12. The highest BCUT2D eigenvalue weighted by Crippen LogP contribution is 2.41. The van der Waals surface area contributed by atoms with Crippen LogP contribution in [0.25, 0.3) is 6.08 Å². The highest BCUT2D eigenvalue weighted by molar-refractivity contribution is 5.51. The van der Waals surface area contributed by atoms with Gasteiger partial charge in [-0.1, -0.05) is 94.0 Å². The molecule has 1 fully saturated rings. The molecule has 1 nitrogen and oxygen atoms in total. The van der Waals surface area contributed by atoms with Crippen LogP contribution in [0, 0.1) is 0 Å². The van der Waals surface area contributed by atoms with Crippen molar-refractivity contribution in [1.82, 2.24) is 0 Å². The molecule has 30 heavy (non-hydrogen) atoms. The van der Waals surface area contributed by atoms with Gasteiger partial charge in [0.2, 0.25) is 0 Å². The second kappa shape index (κ2) is 10.8. The van der Waals surface area contributed by atoms with E-state index in [9.17, 15) is 13.2 Å². The van der Waals surface area contributed by atoms with Crippen molar-refractivity contribution in [2.24, 2.45) is 0 Å². The molecular formula is C26H31F3O. The van der Waals surface area contributed by atoms with E-state index in [0.717, 1.165) is 18.1 Å². The molecule has 3 rings (SSSR count). The van der Waals surface area contributed by atoms with Crippen molar-refractivity contribution >= 4 is 6.08 Å². The first-order chi connectivity index (χ1) is 14.5. The summed E-state index contributed by atoms with van der Waals surface area (Å²) in [6.45, 7) is 2.24. The fourth-order valence-electron chi connectivity index (χ4n) is 3.72. The van der Waals surface area contributed by atoms with Crippen molar-refractivity contribution in [3.63, 3.8) is 0 Å². The Morgan fingerprint density at radius 1 is 0.900 bits per heavy atom. The average Bonchev–Trinajstić information content (AvgIpc) is 3.52. The first-order valence-electron chi connectivity index (χ1n) is 11.1. The Kier molecular flexibility index (Phi) is 8.15. The van der Waals surface area contributed by atoms with Crippen LogP contribution in [0.3, 0.4) is 0 Å². The lowest BCUT2D eigenvalue weighted by molar-refractivity contribution is -0.137. The minimum Gasteiger partial charge on any atom is -0.360 e. The second-order valence-corrected chi connectivity index (χ2v) is 8.12. The predicted octanol–water partition coefficient (Wildman–Crippen LogP) is 8.15. The maximum absolute atomic E-state index is 12.9. The number of alkyl halides is 3. The van der Waals surface area contributed by atoms with Crippen molar-refractivity contribution in [3.8, 4) is 0 Å². The van der Waals surface area contributed by atoms with Crippen LogP contribution in [0.5, 0.6) is 0 Å². The van der Waals surface area contributed by atoms with Gasteiger partial charge in [0, 0.05) is 0 Å². The Morgan fingerprint density at radius 3 is 2.30 bits per heavy atom. The van der Waals surface area contributed by atoms with E-state index in [-0.39, 0.29) is 12.2 Å². The van der Waals surface area contributed by atoms with E-state index in [1.165, 1.54) is 62.6 Å². The van der Waals surface area contributed by atoms with E-state index in [1.54, 1.807) is 6.07 Å². The monoisotopic (exact) mass is 416 g/mol. The number of benzene rings is 2. The minimum atomic E-state index is -4.33. The van der Waals surface area contributed by atoms with E-state index < -0.39 is 11.7 Å². The largest absolute Gasteiger partial charge is 0.416 e. The molecule has 1 aliphatic heterocycles. The van der Waals surface area contributed by atoms with Gasteiger partial charge >= 0.3 is 6.18 Å². The molecule has 2 aromatic carbocycles. The van der Waals surface area contributed by atoms with Crippen molar-refractivity contribution in [2.75, 3.05) is 0 Å². The van der Waals surface area contributed by atoms with E-state index in [2.05, 4.69) is 31.2 Å². The number of unbranched alkanes of at least 4 members (excludes halogenated alkanes) is 6. The zero-order valence-electron chi connectivity index (χ0n) is 17.6. The minimum absolute atomic E-state index is 0.166. The first-order valence-corrected chi connectivity index (χ1v) is 11.1. The molecule has 0 spiro atoms. The normalized spacial score (nSPS) is 18.8. The van der Waals surface area contributed by atoms with Gasteiger partial charge in [0.15, 0.2) is 0 Å². The van der Waals surface area contributed by atoms with Gasteiger partial charge in [-0.2, -0.15) is 13.2 Å². The fraction of sp³-hybridized carbons (Fsp3) is 0.462. The molecule has 4 heteroatoms. The maximum atomic E-state index is 12.9. The molecule has 2 aromatic rings. The van der Waals surface area contributed by atoms with Crippen molar-refractivity contribution in [2.45, 2.75) is 76.7 Å². The van der Waals surface area contributed by atoms with E-state index in [1.807, 2.05) is 12.2 Å². The van der Waals surface area contributed by atoms with Crippen LogP contribution in [0.4, 0.5) is 13.2 Å². The van der Waals surface area contributed by atoms with Gasteiger partial charge in [0.25, 0.3) is 0 Å². The molecule has 0 radical (unpaired) electrons. The molecule has 1 aliphatic rings. The number of rotatable bonds is 11. The SMILES string of the molecule is CCCCCCCCCc1ccc(C=CC2O[C@@H]2c2cccc(C(F)(F)F)c2)cc1. The van der Waals surface area contributed by atoms with Crippen molar-refractivity contribution < 1.29 is 17.9 Å². The summed E-state index contributed by atoms with van der Waals surface area (Å²) in [5, 5.41) is 0. The summed E-state index contributed by atoms with van der Waals surface area (Å²) in [6, 6.07) is 13.9. The van der Waals surface area contributed by atoms with Gasteiger partial charge in [0.05, 0.1) is 5.56 Å². The summed E-state index contributed by atoms with van der Waals surface area (Å²) >= 11 is 0. The first kappa shape index (κ1) is 22.6. The molecule has 0 aromatic heterocycles. The average molecular weight is 417 g/mol. The van der Waals surface area contributed by atoms with E-state index in [0.29, 0.717) is 5.56 Å². The summed E-state index contributed by atoms with van der Waals surface area (Å²) in [5.74, 6) is 0. The fourth-order valence-corrected chi connectivity index (χ4v) is 3.72. The lowest BCUT2D eigenvalue weighted by Crippen LogP contribution is -2.05. The topological polar surface area (TPSA) is 12.5 Å². The number of hydrogen-bond acceptors (Lipinski definition) is 1. The summed E-state index contributed by atoms with van der Waals surface area (Å²) in [6.07, 6.45) is 9.44. The van der Waals surface area contributed by atoms with Crippen LogP contribution in [0.2, 0.25) is 0 Å². The van der Waals surface area contributed by atoms with Crippen LogP contribution < -0.4 is 0 Å². The summed E-state index contributed by atoms with van der Waals surface area (Å²) < 4.78 is 44.1. The van der Waals surface area contributed by atoms with E-state index >= 15 is 0 Å². The van der Waals surface area contributed by atoms with Crippen LogP contribution >= 0.6 is 0 Å². The molecule has 2 atom stereocenters. The van der Waals surface area contributed by atoms with Crippen LogP contribution in [-0.2, 0) is 17.3 Å². The smallest absolute Gasteiger partial charge is 0.360 e. The molecule has 0 aliphatic carbocycles. The van der Waals surface area contributed by atoms with Crippen molar-refractivity contribution in [1.29, 1.82) is 0 Å². The predicted molar refractivity (Wildman–Crippen MR) is 116 cm³/mol. The Hall–Kier alpha value is -2.07. The maximum Gasteiger partial charge on any atom is 0.416 e. The molecule has 0 saturated carbocycles. The Bertz CT molecular complexity index is 808. The third-order valence-corrected chi connectivity index (χ3v) is 5.60. The Balaban J connectivity index is 1.42. The third kappa shape index (κ3) is 7.02. The molecule has 1 unspecified atom stereocenters. The Morgan fingerprint density at radius 2 is 1.60 bits per heavy atom. The number of hydrogen-bond donors (Lipinski definition) is 0. The molecule has 162 valence electrons. The highest BCUT2D eigenvalue weighted by atomic mass is 19.4. The van der Waals surface area contributed by atoms with Gasteiger partial charge in [-0.05, 0) is 41.7 Å². The lowest BCUT2D eigenvalue weighted by Gasteiger charge is -2.07. The molecule has 0 N–H and O–H groups in total. The van der Waals surface area contributed by atoms with Crippen LogP contribution in [0.15, 0.2) is 54.6 Å². The standard InChI is InChI=1S/C26H31F3O/c1-2-3-4-5-6-7-8-10-20-13-15-21(16-14-20)17-18-24-25(30-24)22-11-9-12-23(19-22)26(27,28)29/h9,11-19,24-25H,2-8,10H2,1H3/t24?,25-/m1/s1. The van der Waals surface area contributed by atoms with Crippen LogP contribution in [0.1, 0.15) is 80.2 Å². The number of epoxide rings is 1. The quantitative estimate of drug-likeness (QED) is 0.266. The zero-order chi connectivity index (χ0) is 21.4. The number of halogens is 3. The Labute approximate surface area is 178 Å². The summed E-state index contributed by atoms with van der Waals surface area (Å²) in [4.78, 5) is 0. The van der Waals surface area contributed by atoms with Crippen molar-refractivity contribution in [3.05, 3.63) is 76.9 Å². The van der Waals surface area contributed by atoms with Gasteiger partial charge in [-0.3, -0.25) is 0 Å². The molecular weight excluding hydrogens is 385 g/mol. The van der Waals surface area contributed by atoms with Gasteiger partial charge in [-0.15, -0.1) is 0 Å². The zero-order valence-corrected chi connectivity index (χ0v) is 17.6. The molecule has 1 heterocycles. The van der Waals surface area contributed by atoms with E-state index in [4.69, 9.17) is 4.74 Å². The van der Waals surface area contributed by atoms with Gasteiger partial charge < -0.3 is 4.74 Å². The summed E-state index contributed by atoms with van der Waals surface area (Å²) in [5.41, 5.74) is 2.38. The van der Waals surface area contributed by atoms with Crippen LogP contribution in [-0.4, -0.2) is 6.10 Å². The van der Waals surface area contributed by atoms with Gasteiger partial charge in [-0.25, -0.2) is 0 Å². The number of aryl methyl sites for hydroxylation is 1. The summed E-state index contributed by atoms with van der Waals surface area (Å²) in [7, 11) is 0. The molecule has 1 saturated heterocycles. The lowest BCUT2D eigenvalue weighted by atomic mass is 10.0. The highest BCUT2D eigenvalue weighted by Gasteiger charge is 2.39. The molecule has 0 amide bonds. The number of ether oxygens (including phenoxy) is 1.